The van der Waals surface area contributed by atoms with E-state index in [0.717, 1.165) is 16.2 Å². The Balaban J connectivity index is 1.82. The van der Waals surface area contributed by atoms with Crippen LogP contribution in [0.2, 0.25) is 0 Å². The minimum Gasteiger partial charge on any atom is -0.494 e. The molecule has 160 valence electrons. The molecule has 1 N–H and O–H groups in total. The molecule has 0 radical (unpaired) electrons. The Labute approximate surface area is 185 Å². The average molecular weight is 437 g/mol. The number of aryl methyl sites for hydroxylation is 1. The Hall–Kier alpha value is -3.32. The summed E-state index contributed by atoms with van der Waals surface area (Å²) in [5.74, 6) is 1.06. The fourth-order valence-corrected chi connectivity index (χ4v) is 3.95. The molecular formula is C24H24N2O4S. The quantitative estimate of drug-likeness (QED) is 0.260. The number of nitro benzene ring substituents is 1. The van der Waals surface area contributed by atoms with E-state index in [1.807, 2.05) is 19.9 Å². The minimum absolute atomic E-state index is 0.0281. The van der Waals surface area contributed by atoms with E-state index in [1.165, 1.54) is 11.6 Å². The van der Waals surface area contributed by atoms with E-state index < -0.39 is 4.92 Å². The van der Waals surface area contributed by atoms with Crippen LogP contribution in [0.15, 0.2) is 65.6 Å². The summed E-state index contributed by atoms with van der Waals surface area (Å²) in [6, 6.07) is 18.2. The molecule has 7 heteroatoms. The molecule has 1 amide bonds. The number of nitrogens with zero attached hydrogens (tertiary/aromatic N) is 1. The number of nitro groups is 1. The summed E-state index contributed by atoms with van der Waals surface area (Å²) >= 11 is 1.67. The number of ether oxygens (including phenoxy) is 1. The Morgan fingerprint density at radius 1 is 1.10 bits per heavy atom. The van der Waals surface area contributed by atoms with Gasteiger partial charge in [0.25, 0.3) is 11.6 Å². The van der Waals surface area contributed by atoms with E-state index in [1.54, 1.807) is 43.0 Å². The van der Waals surface area contributed by atoms with Crippen LogP contribution < -0.4 is 10.1 Å². The lowest BCUT2D eigenvalue weighted by molar-refractivity contribution is -0.385. The first-order chi connectivity index (χ1) is 14.9. The first-order valence-electron chi connectivity index (χ1n) is 9.89. The number of benzene rings is 3. The first-order valence-corrected chi connectivity index (χ1v) is 10.9. The third kappa shape index (κ3) is 5.64. The van der Waals surface area contributed by atoms with Gasteiger partial charge < -0.3 is 10.1 Å². The summed E-state index contributed by atoms with van der Waals surface area (Å²) in [5, 5.41) is 13.9. The number of carbonyl (C=O) groups is 1. The molecular weight excluding hydrogens is 412 g/mol. The van der Waals surface area contributed by atoms with Gasteiger partial charge >= 0.3 is 0 Å². The maximum Gasteiger partial charge on any atom is 0.274 e. The van der Waals surface area contributed by atoms with Crippen molar-refractivity contribution in [2.45, 2.75) is 31.4 Å². The standard InChI is InChI=1S/C24H24N2O4S/c1-4-30-23-13-10-18(14-19(23)15-31-20-11-8-16(2)9-12-20)24(27)25-21-6-5-7-22(17(21)3)26(28)29/h5-14H,4,15H2,1-3H3,(H,25,27). The molecule has 6 nitrogen and oxygen atoms in total. The lowest BCUT2D eigenvalue weighted by Crippen LogP contribution is -2.14. The van der Waals surface area contributed by atoms with E-state index in [9.17, 15) is 14.9 Å². The van der Waals surface area contributed by atoms with Crippen LogP contribution in [0.25, 0.3) is 0 Å². The molecule has 3 aromatic rings. The molecule has 0 spiro atoms. The third-order valence-electron chi connectivity index (χ3n) is 4.79. The molecule has 0 atom stereocenters. The van der Waals surface area contributed by atoms with Crippen LogP contribution in [0.1, 0.15) is 34.0 Å². The van der Waals surface area contributed by atoms with Gasteiger partial charge in [-0.3, -0.25) is 14.9 Å². The molecule has 0 aliphatic carbocycles. The van der Waals surface area contributed by atoms with Gasteiger partial charge in [0.1, 0.15) is 5.75 Å². The number of carbonyl (C=O) groups excluding carboxylic acids is 1. The van der Waals surface area contributed by atoms with Gasteiger partial charge in [-0.2, -0.15) is 0 Å². The smallest absolute Gasteiger partial charge is 0.274 e. The van der Waals surface area contributed by atoms with E-state index in [-0.39, 0.29) is 11.6 Å². The van der Waals surface area contributed by atoms with Crippen LogP contribution >= 0.6 is 11.8 Å². The fraction of sp³-hybridized carbons (Fsp3) is 0.208. The Morgan fingerprint density at radius 3 is 2.52 bits per heavy atom. The van der Waals surface area contributed by atoms with Crippen LogP contribution in [-0.4, -0.2) is 17.4 Å². The van der Waals surface area contributed by atoms with Crippen LogP contribution in [0.3, 0.4) is 0 Å². The second-order valence-electron chi connectivity index (χ2n) is 7.02. The van der Waals surface area contributed by atoms with Crippen molar-refractivity contribution in [3.8, 4) is 5.75 Å². The first kappa shape index (κ1) is 22.4. The maximum absolute atomic E-state index is 12.9. The van der Waals surface area contributed by atoms with Crippen molar-refractivity contribution >= 4 is 29.0 Å². The van der Waals surface area contributed by atoms with E-state index >= 15 is 0 Å². The highest BCUT2D eigenvalue weighted by molar-refractivity contribution is 7.98. The van der Waals surface area contributed by atoms with Crippen LogP contribution in [0.4, 0.5) is 11.4 Å². The summed E-state index contributed by atoms with van der Waals surface area (Å²) in [6.07, 6.45) is 0. The van der Waals surface area contributed by atoms with Crippen molar-refractivity contribution in [2.24, 2.45) is 0 Å². The van der Waals surface area contributed by atoms with Gasteiger partial charge in [0.05, 0.1) is 22.8 Å². The molecule has 0 aliphatic rings. The van der Waals surface area contributed by atoms with Crippen molar-refractivity contribution in [2.75, 3.05) is 11.9 Å². The molecule has 0 aliphatic heterocycles. The zero-order valence-corrected chi connectivity index (χ0v) is 18.5. The number of anilines is 1. The summed E-state index contributed by atoms with van der Waals surface area (Å²) in [6.45, 7) is 6.12. The van der Waals surface area contributed by atoms with Gasteiger partial charge in [-0.05, 0) is 57.2 Å². The zero-order chi connectivity index (χ0) is 22.4. The highest BCUT2D eigenvalue weighted by atomic mass is 32.2. The van der Waals surface area contributed by atoms with Crippen molar-refractivity contribution in [3.05, 3.63) is 93.0 Å². The number of hydrogen-bond donors (Lipinski definition) is 1. The van der Waals surface area contributed by atoms with Crippen LogP contribution in [0.5, 0.6) is 5.75 Å². The monoisotopic (exact) mass is 436 g/mol. The molecule has 3 rings (SSSR count). The molecule has 0 saturated heterocycles. The van der Waals surface area contributed by atoms with Gasteiger partial charge in [0, 0.05) is 27.8 Å². The Bertz CT molecular complexity index is 1100. The molecule has 0 fully saturated rings. The predicted octanol–water partition coefficient (Wildman–Crippen LogP) is 6.15. The lowest BCUT2D eigenvalue weighted by Gasteiger charge is -2.13. The third-order valence-corrected chi connectivity index (χ3v) is 5.85. The molecule has 0 unspecified atom stereocenters. The summed E-state index contributed by atoms with van der Waals surface area (Å²) in [5.41, 5.74) is 3.39. The number of hydrogen-bond acceptors (Lipinski definition) is 5. The zero-order valence-electron chi connectivity index (χ0n) is 17.7. The second kappa shape index (κ2) is 10.1. The van der Waals surface area contributed by atoms with Crippen molar-refractivity contribution in [1.29, 1.82) is 0 Å². The van der Waals surface area contributed by atoms with Crippen molar-refractivity contribution in [3.63, 3.8) is 0 Å². The second-order valence-corrected chi connectivity index (χ2v) is 8.07. The number of amides is 1. The van der Waals surface area contributed by atoms with Gasteiger partial charge in [-0.1, -0.05) is 23.8 Å². The SMILES string of the molecule is CCOc1ccc(C(=O)Nc2cccc([N+](=O)[O-])c2C)cc1CSc1ccc(C)cc1. The largest absolute Gasteiger partial charge is 0.494 e. The van der Waals surface area contributed by atoms with E-state index in [0.29, 0.717) is 29.2 Å². The summed E-state index contributed by atoms with van der Waals surface area (Å²) in [7, 11) is 0. The molecule has 0 aromatic heterocycles. The molecule has 3 aromatic carbocycles. The van der Waals surface area contributed by atoms with E-state index in [2.05, 4.69) is 29.6 Å². The summed E-state index contributed by atoms with van der Waals surface area (Å²) in [4.78, 5) is 24.7. The number of rotatable bonds is 8. The Kier molecular flexibility index (Phi) is 7.31. The number of thioether (sulfide) groups is 1. The average Bonchev–Trinajstić information content (AvgIpc) is 2.75. The van der Waals surface area contributed by atoms with E-state index in [4.69, 9.17) is 4.74 Å². The minimum atomic E-state index is -0.456. The normalized spacial score (nSPS) is 10.5. The molecule has 0 bridgehead atoms. The number of nitrogens with one attached hydrogen (secondary N) is 1. The van der Waals surface area contributed by atoms with Crippen LogP contribution in [0, 0.1) is 24.0 Å². The van der Waals surface area contributed by atoms with Gasteiger partial charge in [-0.15, -0.1) is 11.8 Å². The van der Waals surface area contributed by atoms with Crippen LogP contribution in [-0.2, 0) is 5.75 Å². The summed E-state index contributed by atoms with van der Waals surface area (Å²) < 4.78 is 5.74. The fourth-order valence-electron chi connectivity index (χ4n) is 3.08. The topological polar surface area (TPSA) is 81.5 Å². The molecule has 0 heterocycles. The van der Waals surface area contributed by atoms with Gasteiger partial charge in [0.2, 0.25) is 0 Å². The molecule has 0 saturated carbocycles. The highest BCUT2D eigenvalue weighted by Crippen LogP contribution is 2.30. The lowest BCUT2D eigenvalue weighted by atomic mass is 10.1. The Morgan fingerprint density at radius 2 is 1.84 bits per heavy atom. The highest BCUT2D eigenvalue weighted by Gasteiger charge is 2.16. The maximum atomic E-state index is 12.9. The van der Waals surface area contributed by atoms with Crippen molar-refractivity contribution < 1.29 is 14.5 Å². The van der Waals surface area contributed by atoms with Gasteiger partial charge in [0.15, 0.2) is 0 Å². The van der Waals surface area contributed by atoms with Crippen molar-refractivity contribution in [1.82, 2.24) is 0 Å². The predicted molar refractivity (Wildman–Crippen MR) is 124 cm³/mol. The van der Waals surface area contributed by atoms with Gasteiger partial charge in [-0.25, -0.2) is 0 Å². The molecule has 31 heavy (non-hydrogen) atoms.